The van der Waals surface area contributed by atoms with Gasteiger partial charge >= 0.3 is 5.97 Å². The number of benzene rings is 1. The van der Waals surface area contributed by atoms with Gasteiger partial charge in [0.15, 0.2) is 0 Å². The summed E-state index contributed by atoms with van der Waals surface area (Å²) in [6.07, 6.45) is 0.124. The van der Waals surface area contributed by atoms with Crippen molar-refractivity contribution in [1.29, 1.82) is 0 Å². The van der Waals surface area contributed by atoms with E-state index < -0.39 is 6.04 Å². The van der Waals surface area contributed by atoms with E-state index >= 15 is 0 Å². The Labute approximate surface area is 99.3 Å². The SMILES string of the molecule is COC(=O)C[C@@H](N)c1ccc(OC)c(Cl)c1. The van der Waals surface area contributed by atoms with Crippen LogP contribution >= 0.6 is 11.6 Å². The van der Waals surface area contributed by atoms with Gasteiger partial charge in [0, 0.05) is 6.04 Å². The number of nitrogens with two attached hydrogens (primary N) is 1. The van der Waals surface area contributed by atoms with E-state index in [1.807, 2.05) is 0 Å². The first-order chi connectivity index (χ1) is 7.58. The number of halogens is 1. The van der Waals surface area contributed by atoms with Gasteiger partial charge in [-0.15, -0.1) is 0 Å². The molecule has 0 heterocycles. The molecule has 0 aliphatic carbocycles. The molecule has 1 atom stereocenters. The predicted molar refractivity (Wildman–Crippen MR) is 61.6 cm³/mol. The minimum Gasteiger partial charge on any atom is -0.495 e. The fourth-order valence-electron chi connectivity index (χ4n) is 1.29. The van der Waals surface area contributed by atoms with Crippen LogP contribution in [0.2, 0.25) is 5.02 Å². The van der Waals surface area contributed by atoms with E-state index in [1.165, 1.54) is 14.2 Å². The molecule has 1 rings (SSSR count). The monoisotopic (exact) mass is 243 g/mol. The Hall–Kier alpha value is -1.26. The third-order valence-electron chi connectivity index (χ3n) is 2.22. The summed E-state index contributed by atoms with van der Waals surface area (Å²) in [6.45, 7) is 0. The van der Waals surface area contributed by atoms with E-state index in [9.17, 15) is 4.79 Å². The molecule has 0 radical (unpaired) electrons. The molecule has 88 valence electrons. The molecule has 0 spiro atoms. The first kappa shape index (κ1) is 12.8. The summed E-state index contributed by atoms with van der Waals surface area (Å²) in [5.41, 5.74) is 6.61. The molecule has 1 aromatic rings. The highest BCUT2D eigenvalue weighted by atomic mass is 35.5. The van der Waals surface area contributed by atoms with Crippen LogP contribution in [0.25, 0.3) is 0 Å². The highest BCUT2D eigenvalue weighted by Gasteiger charge is 2.13. The molecule has 0 amide bonds. The van der Waals surface area contributed by atoms with E-state index in [-0.39, 0.29) is 12.4 Å². The van der Waals surface area contributed by atoms with E-state index in [0.29, 0.717) is 10.8 Å². The lowest BCUT2D eigenvalue weighted by Gasteiger charge is -2.12. The fourth-order valence-corrected chi connectivity index (χ4v) is 1.56. The summed E-state index contributed by atoms with van der Waals surface area (Å²) in [7, 11) is 2.87. The molecular weight excluding hydrogens is 230 g/mol. The van der Waals surface area contributed by atoms with Crippen LogP contribution in [0, 0.1) is 0 Å². The van der Waals surface area contributed by atoms with Gasteiger partial charge in [0.25, 0.3) is 0 Å². The number of hydrogen-bond donors (Lipinski definition) is 1. The molecule has 0 fully saturated rings. The van der Waals surface area contributed by atoms with Crippen LogP contribution in [0.5, 0.6) is 5.75 Å². The molecule has 0 aliphatic rings. The third kappa shape index (κ3) is 3.12. The van der Waals surface area contributed by atoms with Crippen molar-refractivity contribution in [2.45, 2.75) is 12.5 Å². The van der Waals surface area contributed by atoms with Gasteiger partial charge in [-0.1, -0.05) is 17.7 Å². The fraction of sp³-hybridized carbons (Fsp3) is 0.364. The lowest BCUT2D eigenvalue weighted by molar-refractivity contribution is -0.141. The highest BCUT2D eigenvalue weighted by Crippen LogP contribution is 2.27. The second-order valence-corrected chi connectivity index (χ2v) is 3.69. The minimum absolute atomic E-state index is 0.124. The van der Waals surface area contributed by atoms with Crippen molar-refractivity contribution in [1.82, 2.24) is 0 Å². The van der Waals surface area contributed by atoms with Crippen molar-refractivity contribution in [2.75, 3.05) is 14.2 Å². The van der Waals surface area contributed by atoms with Crippen LogP contribution in [0.4, 0.5) is 0 Å². The molecule has 0 saturated carbocycles. The van der Waals surface area contributed by atoms with Gasteiger partial charge in [-0.05, 0) is 17.7 Å². The van der Waals surface area contributed by atoms with E-state index in [1.54, 1.807) is 18.2 Å². The molecule has 16 heavy (non-hydrogen) atoms. The van der Waals surface area contributed by atoms with Crippen LogP contribution in [0.15, 0.2) is 18.2 Å². The van der Waals surface area contributed by atoms with Crippen molar-refractivity contribution >= 4 is 17.6 Å². The Balaban J connectivity index is 2.80. The Kier molecular flexibility index (Phi) is 4.58. The Morgan fingerprint density at radius 3 is 2.69 bits per heavy atom. The second-order valence-electron chi connectivity index (χ2n) is 3.28. The van der Waals surface area contributed by atoms with Gasteiger partial charge in [-0.3, -0.25) is 4.79 Å². The summed E-state index contributed by atoms with van der Waals surface area (Å²) in [4.78, 5) is 11.0. The lowest BCUT2D eigenvalue weighted by atomic mass is 10.0. The number of carbonyl (C=O) groups is 1. The zero-order chi connectivity index (χ0) is 12.1. The first-order valence-corrected chi connectivity index (χ1v) is 5.12. The summed E-state index contributed by atoms with van der Waals surface area (Å²) >= 11 is 5.95. The van der Waals surface area contributed by atoms with Gasteiger partial charge < -0.3 is 15.2 Å². The highest BCUT2D eigenvalue weighted by molar-refractivity contribution is 6.32. The summed E-state index contributed by atoms with van der Waals surface area (Å²) in [5.74, 6) is 0.232. The summed E-state index contributed by atoms with van der Waals surface area (Å²) in [6, 6.07) is 4.76. The average molecular weight is 244 g/mol. The number of esters is 1. The average Bonchev–Trinajstić information content (AvgIpc) is 2.28. The number of rotatable bonds is 4. The van der Waals surface area contributed by atoms with Crippen molar-refractivity contribution in [3.63, 3.8) is 0 Å². The van der Waals surface area contributed by atoms with Gasteiger partial charge in [0.05, 0.1) is 25.7 Å². The maximum atomic E-state index is 11.0. The zero-order valence-corrected chi connectivity index (χ0v) is 9.95. The molecule has 0 saturated heterocycles. The van der Waals surface area contributed by atoms with Crippen molar-refractivity contribution in [2.24, 2.45) is 5.73 Å². The number of ether oxygens (including phenoxy) is 2. The van der Waals surface area contributed by atoms with E-state index in [2.05, 4.69) is 4.74 Å². The zero-order valence-electron chi connectivity index (χ0n) is 9.20. The normalized spacial score (nSPS) is 12.0. The standard InChI is InChI=1S/C11H14ClNO3/c1-15-10-4-3-7(5-8(10)12)9(13)6-11(14)16-2/h3-5,9H,6,13H2,1-2H3/t9-/m1/s1. The lowest BCUT2D eigenvalue weighted by Crippen LogP contribution is -2.16. The Bertz CT molecular complexity index is 381. The molecule has 0 aromatic heterocycles. The molecule has 0 bridgehead atoms. The number of methoxy groups -OCH3 is 2. The molecule has 4 nitrogen and oxygen atoms in total. The van der Waals surface area contributed by atoms with Crippen LogP contribution in [0.3, 0.4) is 0 Å². The molecule has 0 unspecified atom stereocenters. The molecule has 1 aromatic carbocycles. The summed E-state index contributed by atoms with van der Waals surface area (Å²) in [5, 5.41) is 0.473. The van der Waals surface area contributed by atoms with Crippen molar-refractivity contribution in [3.05, 3.63) is 28.8 Å². The smallest absolute Gasteiger partial charge is 0.307 e. The Morgan fingerprint density at radius 2 is 2.19 bits per heavy atom. The minimum atomic E-state index is -0.421. The van der Waals surface area contributed by atoms with Crippen molar-refractivity contribution < 1.29 is 14.3 Å². The van der Waals surface area contributed by atoms with Gasteiger partial charge in [0.1, 0.15) is 5.75 Å². The Morgan fingerprint density at radius 1 is 1.50 bits per heavy atom. The summed E-state index contributed by atoms with van der Waals surface area (Å²) < 4.78 is 9.56. The third-order valence-corrected chi connectivity index (χ3v) is 2.51. The maximum absolute atomic E-state index is 11.0. The topological polar surface area (TPSA) is 61.5 Å². The second kappa shape index (κ2) is 5.72. The van der Waals surface area contributed by atoms with Crippen LogP contribution in [0.1, 0.15) is 18.0 Å². The van der Waals surface area contributed by atoms with Gasteiger partial charge in [-0.2, -0.15) is 0 Å². The number of carbonyl (C=O) groups excluding carboxylic acids is 1. The largest absolute Gasteiger partial charge is 0.495 e. The molecular formula is C11H14ClNO3. The van der Waals surface area contributed by atoms with E-state index in [0.717, 1.165) is 5.56 Å². The molecule has 5 heteroatoms. The van der Waals surface area contributed by atoms with Crippen LogP contribution in [-0.4, -0.2) is 20.2 Å². The van der Waals surface area contributed by atoms with Gasteiger partial charge in [-0.25, -0.2) is 0 Å². The van der Waals surface area contributed by atoms with E-state index in [4.69, 9.17) is 22.1 Å². The quantitative estimate of drug-likeness (QED) is 0.821. The molecule has 2 N–H and O–H groups in total. The predicted octanol–water partition coefficient (Wildman–Crippen LogP) is 1.91. The first-order valence-electron chi connectivity index (χ1n) is 4.74. The van der Waals surface area contributed by atoms with Crippen LogP contribution in [-0.2, 0) is 9.53 Å². The van der Waals surface area contributed by atoms with Gasteiger partial charge in [0.2, 0.25) is 0 Å². The number of hydrogen-bond acceptors (Lipinski definition) is 4. The van der Waals surface area contributed by atoms with Crippen LogP contribution < -0.4 is 10.5 Å². The molecule has 0 aliphatic heterocycles. The maximum Gasteiger partial charge on any atom is 0.307 e. The van der Waals surface area contributed by atoms with Crippen molar-refractivity contribution in [3.8, 4) is 5.75 Å².